The Bertz CT molecular complexity index is 1090. The minimum Gasteiger partial charge on any atom is -0.495 e. The van der Waals surface area contributed by atoms with Gasteiger partial charge in [0, 0.05) is 16.6 Å². The highest BCUT2D eigenvalue weighted by atomic mass is 32.1. The molecule has 0 amide bonds. The van der Waals surface area contributed by atoms with Crippen LogP contribution in [0, 0.1) is 0 Å². The number of nitrogens with one attached hydrogen (secondary N) is 2. The molecule has 0 radical (unpaired) electrons. The third-order valence-electron chi connectivity index (χ3n) is 3.75. The summed E-state index contributed by atoms with van der Waals surface area (Å²) in [4.78, 5) is 25.2. The molecule has 4 rings (SSSR count). The predicted octanol–water partition coefficient (Wildman–Crippen LogP) is 3.80. The second-order valence-corrected chi connectivity index (χ2v) is 6.22. The summed E-state index contributed by atoms with van der Waals surface area (Å²) in [5.74, 6) is 0.975. The summed E-state index contributed by atoms with van der Waals surface area (Å²) >= 11 is 1.57. The molecule has 2 N–H and O–H groups in total. The minimum atomic E-state index is -0.237. The summed E-state index contributed by atoms with van der Waals surface area (Å²) in [6, 6.07) is 13.2. The van der Waals surface area contributed by atoms with Crippen molar-refractivity contribution < 1.29 is 4.74 Å². The lowest BCUT2D eigenvalue weighted by Gasteiger charge is -2.10. The molecule has 25 heavy (non-hydrogen) atoms. The number of H-pyrrole nitrogens is 1. The van der Waals surface area contributed by atoms with Crippen LogP contribution in [0.25, 0.3) is 21.5 Å². The van der Waals surface area contributed by atoms with E-state index in [1.54, 1.807) is 24.6 Å². The number of thiophene rings is 1. The van der Waals surface area contributed by atoms with E-state index in [-0.39, 0.29) is 5.56 Å². The van der Waals surface area contributed by atoms with Crippen LogP contribution in [-0.4, -0.2) is 22.1 Å². The Morgan fingerprint density at radius 2 is 2.04 bits per heavy atom. The Hall–Kier alpha value is -3.19. The number of ether oxygens (including phenoxy) is 1. The lowest BCUT2D eigenvalue weighted by atomic mass is 10.1. The van der Waals surface area contributed by atoms with E-state index in [1.165, 1.54) is 0 Å². The standard InChI is InChI=1S/C18H14N4O2S/c1-24-13-6-3-2-5-12(13)20-18-21-16-15(17(23)22-18)11(8-9-19-16)14-7-4-10-25-14/h2-10H,1H3,(H2,19,20,21,22,23). The first-order valence-corrected chi connectivity index (χ1v) is 8.47. The zero-order valence-electron chi connectivity index (χ0n) is 13.3. The van der Waals surface area contributed by atoms with Gasteiger partial charge >= 0.3 is 0 Å². The molecule has 124 valence electrons. The van der Waals surface area contributed by atoms with Crippen LogP contribution in [0.4, 0.5) is 11.6 Å². The molecular formula is C18H14N4O2S. The van der Waals surface area contributed by atoms with Gasteiger partial charge in [-0.05, 0) is 29.6 Å². The number of aromatic nitrogens is 3. The maximum absolute atomic E-state index is 12.7. The van der Waals surface area contributed by atoms with Crippen LogP contribution in [-0.2, 0) is 0 Å². The lowest BCUT2D eigenvalue weighted by Crippen LogP contribution is -2.13. The van der Waals surface area contributed by atoms with Gasteiger partial charge in [-0.15, -0.1) is 11.3 Å². The second-order valence-electron chi connectivity index (χ2n) is 5.27. The van der Waals surface area contributed by atoms with Crippen molar-refractivity contribution in [1.29, 1.82) is 0 Å². The summed E-state index contributed by atoms with van der Waals surface area (Å²) in [7, 11) is 1.59. The lowest BCUT2D eigenvalue weighted by molar-refractivity contribution is 0.417. The zero-order valence-corrected chi connectivity index (χ0v) is 14.1. The molecule has 0 saturated heterocycles. The Morgan fingerprint density at radius 1 is 1.16 bits per heavy atom. The minimum absolute atomic E-state index is 0.237. The number of hydrogen-bond acceptors (Lipinski definition) is 6. The SMILES string of the molecule is COc1ccccc1Nc1nc2nccc(-c3cccs3)c2c(=O)[nH]1. The highest BCUT2D eigenvalue weighted by Gasteiger charge is 2.12. The number of methoxy groups -OCH3 is 1. The van der Waals surface area contributed by atoms with Crippen LogP contribution in [0.15, 0.2) is 58.8 Å². The first-order chi connectivity index (χ1) is 12.3. The van der Waals surface area contributed by atoms with Crippen LogP contribution >= 0.6 is 11.3 Å². The molecule has 3 heterocycles. The van der Waals surface area contributed by atoms with Gasteiger partial charge in [0.1, 0.15) is 5.75 Å². The second kappa shape index (κ2) is 6.37. The molecule has 7 heteroatoms. The Labute approximate surface area is 147 Å². The Kier molecular flexibility index (Phi) is 3.91. The average molecular weight is 350 g/mol. The van der Waals surface area contributed by atoms with Gasteiger partial charge in [-0.25, -0.2) is 4.98 Å². The Balaban J connectivity index is 1.82. The number of anilines is 2. The van der Waals surface area contributed by atoms with Gasteiger partial charge in [0.2, 0.25) is 5.95 Å². The number of hydrogen-bond donors (Lipinski definition) is 2. The van der Waals surface area contributed by atoms with Gasteiger partial charge < -0.3 is 10.1 Å². The molecule has 4 aromatic rings. The number of rotatable bonds is 4. The van der Waals surface area contributed by atoms with Gasteiger partial charge in [0.25, 0.3) is 5.56 Å². The summed E-state index contributed by atoms with van der Waals surface area (Å²) in [6.45, 7) is 0. The smallest absolute Gasteiger partial charge is 0.262 e. The molecule has 0 aliphatic carbocycles. The van der Waals surface area contributed by atoms with Gasteiger partial charge in [-0.3, -0.25) is 9.78 Å². The fraction of sp³-hybridized carbons (Fsp3) is 0.0556. The van der Waals surface area contributed by atoms with Gasteiger partial charge in [0.05, 0.1) is 18.2 Å². The number of fused-ring (bicyclic) bond motifs is 1. The first kappa shape index (κ1) is 15.3. The van der Waals surface area contributed by atoms with Gasteiger partial charge in [-0.1, -0.05) is 18.2 Å². The number of nitrogens with zero attached hydrogens (tertiary/aromatic N) is 2. The van der Waals surface area contributed by atoms with Crippen LogP contribution < -0.4 is 15.6 Å². The molecule has 0 bridgehead atoms. The van der Waals surface area contributed by atoms with E-state index in [0.29, 0.717) is 28.4 Å². The predicted molar refractivity (Wildman–Crippen MR) is 99.7 cm³/mol. The van der Waals surface area contributed by atoms with Crippen molar-refractivity contribution in [2.45, 2.75) is 0 Å². The molecule has 0 aliphatic rings. The molecule has 6 nitrogen and oxygen atoms in total. The summed E-state index contributed by atoms with van der Waals surface area (Å²) in [5, 5.41) is 5.54. The molecule has 0 spiro atoms. The van der Waals surface area contributed by atoms with E-state index in [9.17, 15) is 4.79 Å². The Morgan fingerprint density at radius 3 is 2.84 bits per heavy atom. The maximum atomic E-state index is 12.7. The normalized spacial score (nSPS) is 10.8. The molecule has 0 fully saturated rings. The number of aromatic amines is 1. The zero-order chi connectivity index (χ0) is 17.2. The van der Waals surface area contributed by atoms with E-state index in [0.717, 1.165) is 10.4 Å². The molecule has 1 aromatic carbocycles. The molecule has 0 aliphatic heterocycles. The fourth-order valence-electron chi connectivity index (χ4n) is 2.64. The third-order valence-corrected chi connectivity index (χ3v) is 4.66. The van der Waals surface area contributed by atoms with E-state index < -0.39 is 0 Å². The number of pyridine rings is 1. The average Bonchev–Trinajstić information content (AvgIpc) is 3.16. The van der Waals surface area contributed by atoms with Crippen LogP contribution in [0.3, 0.4) is 0 Å². The van der Waals surface area contributed by atoms with E-state index in [2.05, 4.69) is 20.3 Å². The van der Waals surface area contributed by atoms with E-state index >= 15 is 0 Å². The fourth-order valence-corrected chi connectivity index (χ4v) is 3.39. The molecule has 3 aromatic heterocycles. The largest absolute Gasteiger partial charge is 0.495 e. The number of benzene rings is 1. The van der Waals surface area contributed by atoms with Crippen molar-refractivity contribution in [1.82, 2.24) is 15.0 Å². The first-order valence-electron chi connectivity index (χ1n) is 7.59. The van der Waals surface area contributed by atoms with Crippen molar-refractivity contribution in [2.75, 3.05) is 12.4 Å². The van der Waals surface area contributed by atoms with Gasteiger partial charge in [0.15, 0.2) is 5.65 Å². The van der Waals surface area contributed by atoms with Gasteiger partial charge in [-0.2, -0.15) is 4.98 Å². The van der Waals surface area contributed by atoms with Crippen molar-refractivity contribution >= 4 is 34.0 Å². The van der Waals surface area contributed by atoms with Crippen molar-refractivity contribution in [2.24, 2.45) is 0 Å². The third kappa shape index (κ3) is 2.85. The van der Waals surface area contributed by atoms with E-state index in [1.807, 2.05) is 47.8 Å². The summed E-state index contributed by atoms with van der Waals surface area (Å²) in [5.41, 5.74) is 1.70. The van der Waals surface area contributed by atoms with Crippen LogP contribution in [0.1, 0.15) is 0 Å². The summed E-state index contributed by atoms with van der Waals surface area (Å²) in [6.07, 6.45) is 1.66. The van der Waals surface area contributed by atoms with Crippen LogP contribution in [0.2, 0.25) is 0 Å². The molecule has 0 saturated carbocycles. The van der Waals surface area contributed by atoms with Crippen molar-refractivity contribution in [3.05, 3.63) is 64.4 Å². The molecule has 0 unspecified atom stereocenters. The van der Waals surface area contributed by atoms with Crippen LogP contribution in [0.5, 0.6) is 5.75 Å². The summed E-state index contributed by atoms with van der Waals surface area (Å²) < 4.78 is 5.31. The molecule has 0 atom stereocenters. The monoisotopic (exact) mass is 350 g/mol. The quantitative estimate of drug-likeness (QED) is 0.585. The topological polar surface area (TPSA) is 79.9 Å². The molecular weight excluding hydrogens is 336 g/mol. The van der Waals surface area contributed by atoms with Crippen molar-refractivity contribution in [3.8, 4) is 16.2 Å². The van der Waals surface area contributed by atoms with Crippen molar-refractivity contribution in [3.63, 3.8) is 0 Å². The number of para-hydroxylation sites is 2. The highest BCUT2D eigenvalue weighted by molar-refractivity contribution is 7.13. The highest BCUT2D eigenvalue weighted by Crippen LogP contribution is 2.29. The maximum Gasteiger partial charge on any atom is 0.262 e. The van der Waals surface area contributed by atoms with E-state index in [4.69, 9.17) is 4.74 Å².